The average molecular weight is 307 g/mol. The fourth-order valence-corrected chi connectivity index (χ4v) is 2.17. The summed E-state index contributed by atoms with van der Waals surface area (Å²) in [5.74, 6) is -1.60. The van der Waals surface area contributed by atoms with Crippen molar-refractivity contribution in [3.63, 3.8) is 0 Å². The summed E-state index contributed by atoms with van der Waals surface area (Å²) in [6, 6.07) is 9.01. The molecule has 5 nitrogen and oxygen atoms in total. The molecule has 0 aliphatic heterocycles. The van der Waals surface area contributed by atoms with Crippen LogP contribution >= 0.6 is 0 Å². The molecular formula is C17H25NO4. The number of hydrogen-bond acceptors (Lipinski definition) is 3. The lowest BCUT2D eigenvalue weighted by atomic mass is 9.86. The van der Waals surface area contributed by atoms with E-state index in [1.165, 1.54) is 0 Å². The Morgan fingerprint density at radius 2 is 1.68 bits per heavy atom. The van der Waals surface area contributed by atoms with Gasteiger partial charge in [0.15, 0.2) is 0 Å². The van der Waals surface area contributed by atoms with Gasteiger partial charge in [-0.15, -0.1) is 0 Å². The van der Waals surface area contributed by atoms with Crippen LogP contribution in [0.3, 0.4) is 0 Å². The van der Waals surface area contributed by atoms with Gasteiger partial charge in [-0.1, -0.05) is 30.3 Å². The summed E-state index contributed by atoms with van der Waals surface area (Å²) in [5, 5.41) is 12.2. The minimum Gasteiger partial charge on any atom is -0.481 e. The lowest BCUT2D eigenvalue weighted by molar-refractivity contribution is -0.139. The van der Waals surface area contributed by atoms with Crippen LogP contribution in [0.1, 0.15) is 52.5 Å². The number of carboxylic acids is 1. The highest BCUT2D eigenvalue weighted by Gasteiger charge is 2.31. The Labute approximate surface area is 131 Å². The van der Waals surface area contributed by atoms with Gasteiger partial charge in [0.25, 0.3) is 0 Å². The molecule has 22 heavy (non-hydrogen) atoms. The monoisotopic (exact) mass is 307 g/mol. The molecule has 5 heteroatoms. The largest absolute Gasteiger partial charge is 0.481 e. The Morgan fingerprint density at radius 1 is 1.14 bits per heavy atom. The lowest BCUT2D eigenvalue weighted by Crippen LogP contribution is -2.47. The van der Waals surface area contributed by atoms with E-state index in [0.717, 1.165) is 0 Å². The first-order valence-corrected chi connectivity index (χ1v) is 7.29. The molecule has 1 aromatic carbocycles. The van der Waals surface area contributed by atoms with Gasteiger partial charge in [0.1, 0.15) is 5.60 Å². The van der Waals surface area contributed by atoms with Crippen molar-refractivity contribution in [2.75, 3.05) is 0 Å². The number of ether oxygens (including phenoxy) is 1. The van der Waals surface area contributed by atoms with E-state index < -0.39 is 29.1 Å². The summed E-state index contributed by atoms with van der Waals surface area (Å²) in [7, 11) is 0. The van der Waals surface area contributed by atoms with Crippen LogP contribution in [0.15, 0.2) is 30.3 Å². The van der Waals surface area contributed by atoms with Gasteiger partial charge in [0.05, 0.1) is 5.92 Å². The predicted molar refractivity (Wildman–Crippen MR) is 84.9 cm³/mol. The fourth-order valence-electron chi connectivity index (χ4n) is 2.17. The normalized spacial score (nSPS) is 13.3. The smallest absolute Gasteiger partial charge is 0.408 e. The summed E-state index contributed by atoms with van der Waals surface area (Å²) in [4.78, 5) is 23.4. The van der Waals surface area contributed by atoms with E-state index >= 15 is 0 Å². The predicted octanol–water partition coefficient (Wildman–Crippen LogP) is 3.55. The molecule has 0 fully saturated rings. The van der Waals surface area contributed by atoms with E-state index in [1.807, 2.05) is 6.07 Å². The number of rotatable bonds is 5. The van der Waals surface area contributed by atoms with Crippen LogP contribution in [0.5, 0.6) is 0 Å². The van der Waals surface area contributed by atoms with E-state index in [9.17, 15) is 14.7 Å². The van der Waals surface area contributed by atoms with Gasteiger partial charge < -0.3 is 15.2 Å². The molecule has 0 aromatic heterocycles. The number of amides is 1. The average Bonchev–Trinajstić information content (AvgIpc) is 2.33. The summed E-state index contributed by atoms with van der Waals surface area (Å²) in [6.45, 7) is 8.92. The number of carbonyl (C=O) groups excluding carboxylic acids is 1. The van der Waals surface area contributed by atoms with E-state index in [2.05, 4.69) is 5.32 Å². The van der Waals surface area contributed by atoms with Crippen molar-refractivity contribution in [2.24, 2.45) is 0 Å². The molecule has 0 aliphatic rings. The van der Waals surface area contributed by atoms with Crippen molar-refractivity contribution >= 4 is 12.1 Å². The zero-order chi connectivity index (χ0) is 17.0. The molecule has 1 unspecified atom stereocenters. The summed E-state index contributed by atoms with van der Waals surface area (Å²) in [5.41, 5.74) is -0.582. The first-order valence-electron chi connectivity index (χ1n) is 7.29. The number of carbonyl (C=O) groups is 2. The summed E-state index contributed by atoms with van der Waals surface area (Å²) < 4.78 is 5.22. The van der Waals surface area contributed by atoms with Crippen molar-refractivity contribution in [3.8, 4) is 0 Å². The first kappa shape index (κ1) is 18.0. The van der Waals surface area contributed by atoms with Crippen LogP contribution in [0, 0.1) is 0 Å². The molecule has 1 aromatic rings. The molecule has 0 saturated heterocycles. The molecule has 2 N–H and O–H groups in total. The highest BCUT2D eigenvalue weighted by molar-refractivity contribution is 5.76. The van der Waals surface area contributed by atoms with Crippen molar-refractivity contribution < 1.29 is 19.4 Å². The molecule has 1 amide bonds. The van der Waals surface area contributed by atoms with E-state index in [4.69, 9.17) is 4.74 Å². The van der Waals surface area contributed by atoms with E-state index in [1.54, 1.807) is 58.9 Å². The fraction of sp³-hybridized carbons (Fsp3) is 0.529. The Hall–Kier alpha value is -2.04. The number of aliphatic carboxylic acids is 1. The van der Waals surface area contributed by atoms with Crippen molar-refractivity contribution in [1.29, 1.82) is 0 Å². The van der Waals surface area contributed by atoms with Gasteiger partial charge >= 0.3 is 12.1 Å². The SMILES string of the molecule is CC(C)(CC(C(=O)O)c1ccccc1)NC(=O)OC(C)(C)C. The molecule has 0 spiro atoms. The van der Waals surface area contributed by atoms with Crippen LogP contribution in [-0.4, -0.2) is 28.3 Å². The molecule has 0 aliphatic carbocycles. The van der Waals surface area contributed by atoms with Crippen molar-refractivity contribution in [1.82, 2.24) is 5.32 Å². The number of benzene rings is 1. The second-order valence-electron chi connectivity index (χ2n) is 7.02. The summed E-state index contributed by atoms with van der Waals surface area (Å²) >= 11 is 0. The third-order valence-electron chi connectivity index (χ3n) is 3.05. The number of carboxylic acid groups (broad SMARTS) is 1. The number of alkyl carbamates (subject to hydrolysis) is 1. The van der Waals surface area contributed by atoms with Gasteiger partial charge in [-0.25, -0.2) is 4.79 Å². The van der Waals surface area contributed by atoms with Gasteiger partial charge in [-0.2, -0.15) is 0 Å². The Balaban J connectivity index is 2.80. The van der Waals surface area contributed by atoms with Gasteiger partial charge in [0, 0.05) is 5.54 Å². The second-order valence-corrected chi connectivity index (χ2v) is 7.02. The third kappa shape index (κ3) is 6.16. The van der Waals surface area contributed by atoms with E-state index in [-0.39, 0.29) is 6.42 Å². The highest BCUT2D eigenvalue weighted by Crippen LogP contribution is 2.26. The molecule has 122 valence electrons. The van der Waals surface area contributed by atoms with Crippen LogP contribution < -0.4 is 5.32 Å². The quantitative estimate of drug-likeness (QED) is 0.872. The molecule has 1 rings (SSSR count). The van der Waals surface area contributed by atoms with Crippen LogP contribution in [0.4, 0.5) is 4.79 Å². The number of hydrogen-bond donors (Lipinski definition) is 2. The minimum absolute atomic E-state index is 0.269. The van der Waals surface area contributed by atoms with Gasteiger partial charge in [-0.05, 0) is 46.6 Å². The maximum atomic E-state index is 11.9. The van der Waals surface area contributed by atoms with Crippen molar-refractivity contribution in [2.45, 2.75) is 58.1 Å². The summed E-state index contributed by atoms with van der Waals surface area (Å²) in [6.07, 6.45) is -0.277. The minimum atomic E-state index is -0.912. The Kier molecular flexibility index (Phi) is 5.58. The van der Waals surface area contributed by atoms with Gasteiger partial charge in [0.2, 0.25) is 0 Å². The maximum Gasteiger partial charge on any atom is 0.408 e. The Bertz CT molecular complexity index is 517. The highest BCUT2D eigenvalue weighted by atomic mass is 16.6. The molecular weight excluding hydrogens is 282 g/mol. The second kappa shape index (κ2) is 6.81. The van der Waals surface area contributed by atoms with Crippen molar-refractivity contribution in [3.05, 3.63) is 35.9 Å². The molecule has 1 atom stereocenters. The standard InChI is InChI=1S/C17H25NO4/c1-16(2,3)22-15(21)18-17(4,5)11-13(14(19)20)12-9-7-6-8-10-12/h6-10,13H,11H2,1-5H3,(H,18,21)(H,19,20). The van der Waals surface area contributed by atoms with Gasteiger partial charge in [-0.3, -0.25) is 4.79 Å². The zero-order valence-electron chi connectivity index (χ0n) is 13.8. The number of nitrogens with one attached hydrogen (secondary N) is 1. The first-order chi connectivity index (χ1) is 10.0. The lowest BCUT2D eigenvalue weighted by Gasteiger charge is -2.30. The third-order valence-corrected chi connectivity index (χ3v) is 3.05. The molecule has 0 saturated carbocycles. The molecule has 0 bridgehead atoms. The zero-order valence-corrected chi connectivity index (χ0v) is 13.8. The Morgan fingerprint density at radius 3 is 2.14 bits per heavy atom. The van der Waals surface area contributed by atoms with Crippen LogP contribution in [-0.2, 0) is 9.53 Å². The van der Waals surface area contributed by atoms with E-state index in [0.29, 0.717) is 5.56 Å². The molecule has 0 radical (unpaired) electrons. The maximum absolute atomic E-state index is 11.9. The van der Waals surface area contributed by atoms with Crippen LogP contribution in [0.25, 0.3) is 0 Å². The van der Waals surface area contributed by atoms with Crippen LogP contribution in [0.2, 0.25) is 0 Å². The molecule has 0 heterocycles. The topological polar surface area (TPSA) is 75.6 Å².